The Morgan fingerprint density at radius 2 is 1.76 bits per heavy atom. The van der Waals surface area contributed by atoms with E-state index in [1.54, 1.807) is 0 Å². The molecule has 1 aliphatic heterocycles. The summed E-state index contributed by atoms with van der Waals surface area (Å²) in [6.07, 6.45) is 2.17. The van der Waals surface area contributed by atoms with Crippen LogP contribution in [0.2, 0.25) is 0 Å². The Hall–Kier alpha value is -3.33. The van der Waals surface area contributed by atoms with Crippen LogP contribution in [0.15, 0.2) is 60.7 Å². The van der Waals surface area contributed by atoms with Crippen molar-refractivity contribution in [2.45, 2.75) is 59.9 Å². The molecule has 0 fully saturated rings. The van der Waals surface area contributed by atoms with E-state index >= 15 is 0 Å². The van der Waals surface area contributed by atoms with Gasteiger partial charge in [-0.05, 0) is 84.2 Å². The number of hydrogen-bond donors (Lipinski definition) is 1. The lowest BCUT2D eigenvalue weighted by atomic mass is 9.92. The number of anilines is 3. The molecule has 0 bridgehead atoms. The number of nitrogens with zero attached hydrogens (tertiary/aromatic N) is 2. The summed E-state index contributed by atoms with van der Waals surface area (Å²) in [5.41, 5.74) is 9.26. The Labute approximate surface area is 203 Å². The second-order valence-corrected chi connectivity index (χ2v) is 9.92. The molecule has 0 radical (unpaired) electrons. The molecule has 174 valence electrons. The van der Waals surface area contributed by atoms with Crippen LogP contribution in [0, 0.1) is 20.8 Å². The number of rotatable bonds is 6. The summed E-state index contributed by atoms with van der Waals surface area (Å²) in [7, 11) is 0. The lowest BCUT2D eigenvalue weighted by molar-refractivity contribution is 0.734. The number of hydrogen-bond acceptors (Lipinski definition) is 3. The maximum Gasteiger partial charge on any atom is 0.134 e. The van der Waals surface area contributed by atoms with E-state index in [1.165, 1.54) is 49.8 Å². The second kappa shape index (κ2) is 9.13. The van der Waals surface area contributed by atoms with Crippen LogP contribution in [0.5, 0.6) is 0 Å². The molecule has 0 saturated heterocycles. The van der Waals surface area contributed by atoms with E-state index in [4.69, 9.17) is 4.98 Å². The summed E-state index contributed by atoms with van der Waals surface area (Å²) in [6, 6.07) is 22.1. The van der Waals surface area contributed by atoms with E-state index in [2.05, 4.69) is 105 Å². The van der Waals surface area contributed by atoms with Gasteiger partial charge in [0.05, 0.1) is 0 Å². The number of benzene rings is 3. The average Bonchev–Trinajstić information content (AvgIpc) is 3.23. The van der Waals surface area contributed by atoms with Gasteiger partial charge in [0.15, 0.2) is 0 Å². The van der Waals surface area contributed by atoms with Crippen LogP contribution in [0.4, 0.5) is 17.3 Å². The number of nitrogens with one attached hydrogen (secondary N) is 1. The summed E-state index contributed by atoms with van der Waals surface area (Å²) >= 11 is 0. The van der Waals surface area contributed by atoms with E-state index in [1.807, 2.05) is 0 Å². The van der Waals surface area contributed by atoms with Crippen molar-refractivity contribution >= 4 is 28.1 Å². The zero-order valence-electron chi connectivity index (χ0n) is 21.1. The van der Waals surface area contributed by atoms with Gasteiger partial charge in [-0.25, -0.2) is 4.98 Å². The molecular weight excluding hydrogens is 414 g/mol. The maximum atomic E-state index is 5.17. The largest absolute Gasteiger partial charge is 0.352 e. The molecule has 0 saturated carbocycles. The molecule has 1 unspecified atom stereocenters. The highest BCUT2D eigenvalue weighted by Gasteiger charge is 2.24. The third-order valence-electron chi connectivity index (χ3n) is 7.40. The average molecular weight is 450 g/mol. The van der Waals surface area contributed by atoms with Gasteiger partial charge >= 0.3 is 0 Å². The van der Waals surface area contributed by atoms with Crippen LogP contribution < -0.4 is 10.2 Å². The predicted octanol–water partition coefficient (Wildman–Crippen LogP) is 7.98. The minimum absolute atomic E-state index is 0.500. The zero-order valence-corrected chi connectivity index (χ0v) is 21.1. The second-order valence-electron chi connectivity index (χ2n) is 9.92. The molecule has 34 heavy (non-hydrogen) atoms. The lowest BCUT2D eigenvalue weighted by Crippen LogP contribution is -2.21. The van der Waals surface area contributed by atoms with Gasteiger partial charge in [-0.3, -0.25) is 0 Å². The van der Waals surface area contributed by atoms with E-state index in [0.29, 0.717) is 5.92 Å². The first-order chi connectivity index (χ1) is 16.4. The van der Waals surface area contributed by atoms with Gasteiger partial charge in [-0.15, -0.1) is 0 Å². The highest BCUT2D eigenvalue weighted by atomic mass is 15.2. The first kappa shape index (κ1) is 22.5. The molecule has 5 rings (SSSR count). The fourth-order valence-corrected chi connectivity index (χ4v) is 5.37. The molecule has 0 aliphatic carbocycles. The minimum Gasteiger partial charge on any atom is -0.352 e. The molecule has 3 heteroatoms. The Balaban J connectivity index is 1.50. The molecule has 1 aliphatic rings. The Morgan fingerprint density at radius 1 is 0.971 bits per heavy atom. The van der Waals surface area contributed by atoms with Gasteiger partial charge in [-0.1, -0.05) is 74.0 Å². The normalized spacial score (nSPS) is 13.9. The van der Waals surface area contributed by atoms with Gasteiger partial charge in [-0.2, -0.15) is 0 Å². The molecule has 1 atom stereocenters. The zero-order chi connectivity index (χ0) is 23.8. The van der Waals surface area contributed by atoms with Crippen molar-refractivity contribution in [3.63, 3.8) is 0 Å². The fourth-order valence-electron chi connectivity index (χ4n) is 5.37. The van der Waals surface area contributed by atoms with Crippen molar-refractivity contribution < 1.29 is 0 Å². The van der Waals surface area contributed by atoms with Crippen molar-refractivity contribution in [2.24, 2.45) is 0 Å². The van der Waals surface area contributed by atoms with E-state index < -0.39 is 0 Å². The van der Waals surface area contributed by atoms with Crippen LogP contribution in [-0.2, 0) is 13.0 Å². The number of fused-ring (bicyclic) bond motifs is 2. The summed E-state index contributed by atoms with van der Waals surface area (Å²) in [5.74, 6) is 2.57. The maximum absolute atomic E-state index is 5.17. The van der Waals surface area contributed by atoms with Crippen LogP contribution in [0.25, 0.3) is 10.8 Å². The lowest BCUT2D eigenvalue weighted by Gasteiger charge is -2.22. The van der Waals surface area contributed by atoms with Gasteiger partial charge in [0, 0.05) is 18.8 Å². The highest BCUT2D eigenvalue weighted by molar-refractivity contribution is 5.86. The molecule has 0 amide bonds. The van der Waals surface area contributed by atoms with Crippen molar-refractivity contribution in [1.82, 2.24) is 4.98 Å². The molecular formula is C31H35N3. The quantitative estimate of drug-likeness (QED) is 0.323. The Bertz CT molecular complexity index is 1350. The molecule has 1 aromatic heterocycles. The number of aromatic nitrogens is 1. The first-order valence-electron chi connectivity index (χ1n) is 12.5. The van der Waals surface area contributed by atoms with Crippen molar-refractivity contribution in [1.29, 1.82) is 0 Å². The minimum atomic E-state index is 0.500. The van der Waals surface area contributed by atoms with Gasteiger partial charge < -0.3 is 10.2 Å². The van der Waals surface area contributed by atoms with E-state index in [-0.39, 0.29) is 0 Å². The summed E-state index contributed by atoms with van der Waals surface area (Å²) in [4.78, 5) is 7.62. The van der Waals surface area contributed by atoms with Crippen molar-refractivity contribution in [2.75, 3.05) is 16.8 Å². The van der Waals surface area contributed by atoms with Gasteiger partial charge in [0.25, 0.3) is 0 Å². The monoisotopic (exact) mass is 449 g/mol. The molecule has 4 aromatic rings. The first-order valence-corrected chi connectivity index (χ1v) is 12.5. The third-order valence-corrected chi connectivity index (χ3v) is 7.40. The van der Waals surface area contributed by atoms with Crippen LogP contribution in [0.1, 0.15) is 59.6 Å². The summed E-state index contributed by atoms with van der Waals surface area (Å²) < 4.78 is 0. The molecule has 2 heterocycles. The SMILES string of the molecule is CCC(C)c1cc(C)cc(C)c1Nc1cc(C)c2c(n1)N(Cc1cccc3ccccc13)CC2. The molecule has 0 spiro atoms. The number of pyridine rings is 1. The van der Waals surface area contributed by atoms with Crippen molar-refractivity contribution in [3.05, 3.63) is 94.0 Å². The van der Waals surface area contributed by atoms with Crippen molar-refractivity contribution in [3.8, 4) is 0 Å². The number of aryl methyl sites for hydroxylation is 3. The summed E-state index contributed by atoms with van der Waals surface area (Å²) in [6.45, 7) is 13.1. The molecule has 3 aromatic carbocycles. The predicted molar refractivity (Wildman–Crippen MR) is 146 cm³/mol. The topological polar surface area (TPSA) is 28.2 Å². The van der Waals surface area contributed by atoms with Crippen LogP contribution in [-0.4, -0.2) is 11.5 Å². The summed E-state index contributed by atoms with van der Waals surface area (Å²) in [5, 5.41) is 6.36. The van der Waals surface area contributed by atoms with Crippen LogP contribution >= 0.6 is 0 Å². The highest BCUT2D eigenvalue weighted by Crippen LogP contribution is 2.36. The molecule has 3 nitrogen and oxygen atoms in total. The van der Waals surface area contributed by atoms with Crippen LogP contribution in [0.3, 0.4) is 0 Å². The smallest absolute Gasteiger partial charge is 0.134 e. The third kappa shape index (κ3) is 4.16. The fraction of sp³-hybridized carbons (Fsp3) is 0.323. The van der Waals surface area contributed by atoms with E-state index in [9.17, 15) is 0 Å². The Morgan fingerprint density at radius 3 is 2.59 bits per heavy atom. The molecule has 1 N–H and O–H groups in total. The standard InChI is InChI=1S/C31H35N3/c1-6-21(3)28-17-20(2)16-23(5)30(28)32-29-18-22(4)26-14-15-34(31(26)33-29)19-25-12-9-11-24-10-7-8-13-27(24)25/h7-13,16-18,21H,6,14-15,19H2,1-5H3,(H,32,33). The van der Waals surface area contributed by atoms with Gasteiger partial charge in [0.2, 0.25) is 0 Å². The Kier molecular flexibility index (Phi) is 6.03. The van der Waals surface area contributed by atoms with Gasteiger partial charge in [0.1, 0.15) is 11.6 Å². The van der Waals surface area contributed by atoms with E-state index in [0.717, 1.165) is 37.6 Å².